The summed E-state index contributed by atoms with van der Waals surface area (Å²) >= 11 is 0. The summed E-state index contributed by atoms with van der Waals surface area (Å²) in [5, 5.41) is 5.00. The van der Waals surface area contributed by atoms with Gasteiger partial charge in [-0.3, -0.25) is 18.6 Å². The molecule has 90 heavy (non-hydrogen) atoms. The van der Waals surface area contributed by atoms with Crippen molar-refractivity contribution in [3.8, 4) is 0 Å². The number of phosphoric acid groups is 2. The molecule has 32 heteroatoms. The molecule has 4 aliphatic rings. The van der Waals surface area contributed by atoms with Crippen molar-refractivity contribution in [1.82, 2.24) is 39.5 Å². The standard InChI is InChI=1S/C58H69F5N10O15P2/c1-6-42(66-57(76)85-4)55(74)69-19-7-9-47(69)53-64-43-25-36(39(61)28-50(43)72(53)30-88-90(81,82)83)45-15-16-46(73(45)35-23-40(62)52(41(63)24-35)68-21-17-33(18-22-68)32-11-13-34(59)14-12-32)37-26-49-44(27-38(37)60)65-54(71(49)29-87-89(78,79)80)48-10-8-20-70(48)56(75)51(31(2)84-3)67-58(77)86-5/h11-14,23-28,31,33,42,45-48,51H,6-10,15-22,29-30H2,1-5H3,(H,66,76)(H,67,77)(H2,78,79,80)(H2,81,82,83)/t31-,42+,45-,46-,47+,48+,51+/m1/s1. The Morgan fingerprint density at radius 2 is 1.12 bits per heavy atom. The lowest BCUT2D eigenvalue weighted by Gasteiger charge is -2.36. The van der Waals surface area contributed by atoms with E-state index in [1.807, 2.05) is 0 Å². The van der Waals surface area contributed by atoms with E-state index in [-0.39, 0.29) is 120 Å². The fourth-order valence-electron chi connectivity index (χ4n) is 13.1. The monoisotopic (exact) mass is 1300 g/mol. The predicted octanol–water partition coefficient (Wildman–Crippen LogP) is 8.90. The molecule has 7 atom stereocenters. The Hall–Kier alpha value is -7.27. The van der Waals surface area contributed by atoms with Gasteiger partial charge in [0.05, 0.1) is 66.6 Å². The van der Waals surface area contributed by atoms with E-state index in [9.17, 15) is 52.3 Å². The summed E-state index contributed by atoms with van der Waals surface area (Å²) < 4.78 is 135. The van der Waals surface area contributed by atoms with Crippen LogP contribution in [0.1, 0.15) is 130 Å². The highest BCUT2D eigenvalue weighted by atomic mass is 31.2. The van der Waals surface area contributed by atoms with Gasteiger partial charge in [0.1, 0.15) is 60.3 Å². The van der Waals surface area contributed by atoms with Crippen molar-refractivity contribution < 1.29 is 93.1 Å². The fraction of sp³-hybridized carbons (Fsp3) is 0.483. The number of imidazole rings is 2. The molecule has 486 valence electrons. The van der Waals surface area contributed by atoms with Crippen molar-refractivity contribution in [2.45, 2.75) is 133 Å². The molecule has 0 bridgehead atoms. The lowest BCUT2D eigenvalue weighted by Crippen LogP contribution is -2.54. The Balaban J connectivity index is 1.08. The first kappa shape index (κ1) is 65.7. The van der Waals surface area contributed by atoms with E-state index in [4.69, 9.17) is 33.2 Å². The zero-order valence-corrected chi connectivity index (χ0v) is 51.4. The number of methoxy groups -OCH3 is 3. The third-order valence-electron chi connectivity index (χ3n) is 17.5. The number of alkyl carbamates (subject to hydrolysis) is 2. The number of fused-ring (bicyclic) bond motifs is 2. The van der Waals surface area contributed by atoms with Crippen LogP contribution in [0, 0.1) is 29.1 Å². The molecule has 4 aliphatic heterocycles. The maximum Gasteiger partial charge on any atom is 0.471 e. The first-order valence-electron chi connectivity index (χ1n) is 29.2. The van der Waals surface area contributed by atoms with Gasteiger partial charge in [-0.15, -0.1) is 0 Å². The van der Waals surface area contributed by atoms with E-state index in [0.717, 1.165) is 44.0 Å². The Labute approximate surface area is 512 Å². The minimum atomic E-state index is -5.26. The van der Waals surface area contributed by atoms with E-state index >= 15 is 17.6 Å². The summed E-state index contributed by atoms with van der Waals surface area (Å²) in [6.07, 6.45) is -0.300. The van der Waals surface area contributed by atoms with Crippen LogP contribution < -0.4 is 20.4 Å². The maximum absolute atomic E-state index is 17.6. The number of anilines is 2. The van der Waals surface area contributed by atoms with Crippen LogP contribution in [-0.2, 0) is 55.4 Å². The van der Waals surface area contributed by atoms with Crippen LogP contribution >= 0.6 is 15.6 Å². The SMILES string of the molecule is CC[C@H](NC(=O)OC)C(=O)N1CCC[C@H]1c1nc2cc([C@H]3CC[C@H](c4cc5c(cc4F)nc([C@@H]4CCCN4C(=O)[C@@H](NC(=O)OC)[C@@H](C)OC)n5COP(=O)(O)O)N3c3cc(F)c(N4CCC(c5ccc(F)cc5)CC4)c(F)c3)c(F)cc2n1COP(=O)(O)O. The van der Waals surface area contributed by atoms with E-state index < -0.39 is 125 Å². The van der Waals surface area contributed by atoms with Crippen molar-refractivity contribution in [3.63, 3.8) is 0 Å². The Morgan fingerprint density at radius 3 is 1.64 bits per heavy atom. The number of hydrogen-bond donors (Lipinski definition) is 6. The average molecular weight is 1300 g/mol. The molecule has 4 aromatic carbocycles. The maximum atomic E-state index is 17.6. The zero-order chi connectivity index (χ0) is 64.7. The topological polar surface area (TPSA) is 302 Å². The third-order valence-corrected chi connectivity index (χ3v) is 18.4. The van der Waals surface area contributed by atoms with Crippen LogP contribution in [0.25, 0.3) is 22.1 Å². The van der Waals surface area contributed by atoms with E-state index in [2.05, 4.69) is 10.6 Å². The minimum absolute atomic E-state index is 0.0128. The Bertz CT molecular complexity index is 3770. The molecule has 10 rings (SSSR count). The highest BCUT2D eigenvalue weighted by Gasteiger charge is 2.44. The number of carbonyl (C=O) groups excluding carboxylic acids is 4. The van der Waals surface area contributed by atoms with Gasteiger partial charge >= 0.3 is 27.8 Å². The molecule has 6 N–H and O–H groups in total. The number of ether oxygens (including phenoxy) is 3. The lowest BCUT2D eigenvalue weighted by atomic mass is 9.89. The second-order valence-corrected chi connectivity index (χ2v) is 25.1. The van der Waals surface area contributed by atoms with Crippen LogP contribution in [0.15, 0.2) is 60.7 Å². The molecule has 25 nitrogen and oxygen atoms in total. The summed E-state index contributed by atoms with van der Waals surface area (Å²) in [5.74, 6) is -5.38. The quantitative estimate of drug-likeness (QED) is 0.0307. The fourth-order valence-corrected chi connectivity index (χ4v) is 13.6. The number of hydrogen-bond acceptors (Lipinski definition) is 15. The first-order valence-corrected chi connectivity index (χ1v) is 32.3. The van der Waals surface area contributed by atoms with Crippen LogP contribution in [0.3, 0.4) is 0 Å². The minimum Gasteiger partial charge on any atom is -0.453 e. The van der Waals surface area contributed by atoms with Crippen LogP contribution in [0.2, 0.25) is 0 Å². The summed E-state index contributed by atoms with van der Waals surface area (Å²) in [6.45, 7) is 2.19. The predicted molar refractivity (Wildman–Crippen MR) is 313 cm³/mol. The molecule has 6 aromatic rings. The van der Waals surface area contributed by atoms with Crippen molar-refractivity contribution in [2.24, 2.45) is 0 Å². The summed E-state index contributed by atoms with van der Waals surface area (Å²) in [6, 6.07) is 6.36. The highest BCUT2D eigenvalue weighted by Crippen LogP contribution is 2.51. The molecule has 0 saturated carbocycles. The normalized spacial score (nSPS) is 20.3. The van der Waals surface area contributed by atoms with E-state index in [0.29, 0.717) is 25.7 Å². The highest BCUT2D eigenvalue weighted by molar-refractivity contribution is 7.46. The van der Waals surface area contributed by atoms with Crippen LogP contribution in [-0.4, -0.2) is 138 Å². The van der Waals surface area contributed by atoms with Crippen LogP contribution in [0.4, 0.5) is 42.9 Å². The molecule has 6 heterocycles. The largest absolute Gasteiger partial charge is 0.471 e. The van der Waals surface area contributed by atoms with Gasteiger partial charge in [-0.05, 0) is 113 Å². The van der Waals surface area contributed by atoms with Gasteiger partial charge < -0.3 is 73.2 Å². The van der Waals surface area contributed by atoms with E-state index in [1.54, 1.807) is 30.9 Å². The van der Waals surface area contributed by atoms with Crippen molar-refractivity contribution in [3.05, 3.63) is 118 Å². The van der Waals surface area contributed by atoms with Gasteiger partial charge in [-0.2, -0.15) is 0 Å². The summed E-state index contributed by atoms with van der Waals surface area (Å²) in [5.41, 5.74) is 0.0890. The number of phosphoric ester groups is 2. The molecule has 4 amide bonds. The van der Waals surface area contributed by atoms with Crippen molar-refractivity contribution in [2.75, 3.05) is 57.3 Å². The van der Waals surface area contributed by atoms with Gasteiger partial charge in [0.25, 0.3) is 0 Å². The molecule has 0 unspecified atom stereocenters. The van der Waals surface area contributed by atoms with Gasteiger partial charge in [-0.25, -0.2) is 50.6 Å². The van der Waals surface area contributed by atoms with Crippen molar-refractivity contribution in [1.29, 1.82) is 0 Å². The molecule has 4 fully saturated rings. The smallest absolute Gasteiger partial charge is 0.453 e. The molecule has 0 spiro atoms. The lowest BCUT2D eigenvalue weighted by molar-refractivity contribution is -0.137. The zero-order valence-electron chi connectivity index (χ0n) is 49.6. The molecule has 4 saturated heterocycles. The van der Waals surface area contributed by atoms with Gasteiger partial charge in [0.2, 0.25) is 11.8 Å². The van der Waals surface area contributed by atoms with E-state index in [1.165, 1.54) is 55.2 Å². The van der Waals surface area contributed by atoms with Gasteiger partial charge in [0.15, 0.2) is 11.6 Å². The molecule has 2 aromatic heterocycles. The summed E-state index contributed by atoms with van der Waals surface area (Å²) in [4.78, 5) is 108. The van der Waals surface area contributed by atoms with Gasteiger partial charge in [0, 0.05) is 62.2 Å². The number of likely N-dealkylation sites (tertiary alicyclic amines) is 2. The number of nitrogens with zero attached hydrogens (tertiary/aromatic N) is 8. The number of halogens is 5. The number of benzene rings is 4. The Kier molecular flexibility index (Phi) is 19.6. The number of aromatic nitrogens is 4. The number of carbonyl (C=O) groups is 4. The molecular formula is C58H69F5N10O15P2. The molecule has 0 aliphatic carbocycles. The number of piperidine rings is 1. The second-order valence-electron chi connectivity index (χ2n) is 22.6. The van der Waals surface area contributed by atoms with Crippen molar-refractivity contribution >= 4 is 73.1 Å². The Morgan fingerprint density at radius 1 is 0.622 bits per heavy atom. The van der Waals surface area contributed by atoms with Gasteiger partial charge in [-0.1, -0.05) is 19.1 Å². The molecular weight excluding hydrogens is 1230 g/mol. The van der Waals surface area contributed by atoms with Crippen LogP contribution in [0.5, 0.6) is 0 Å². The second kappa shape index (κ2) is 26.9. The summed E-state index contributed by atoms with van der Waals surface area (Å²) in [7, 11) is -6.88. The molecule has 0 radical (unpaired) electrons. The average Bonchev–Trinajstić information content (AvgIpc) is 1.57. The number of amides is 4. The number of nitrogens with one attached hydrogen (secondary N) is 2. The first-order chi connectivity index (χ1) is 42.8. The third kappa shape index (κ3) is 13.7. The number of rotatable bonds is 20.